The molecule has 0 atom stereocenters. The van der Waals surface area contributed by atoms with Crippen LogP contribution in [0.5, 0.6) is 0 Å². The van der Waals surface area contributed by atoms with E-state index in [1.807, 2.05) is 34.6 Å². The zero-order chi connectivity index (χ0) is 30.1. The summed E-state index contributed by atoms with van der Waals surface area (Å²) in [6.07, 6.45) is 6.82. The fourth-order valence-corrected chi connectivity index (χ4v) is 6.22. The van der Waals surface area contributed by atoms with E-state index in [0.29, 0.717) is 11.5 Å². The van der Waals surface area contributed by atoms with Gasteiger partial charge >= 0.3 is 0 Å². The molecule has 12 nitrogen and oxygen atoms in total. The first-order valence-electron chi connectivity index (χ1n) is 12.3. The maximum absolute atomic E-state index is 13.0. The number of nitrogens with one attached hydrogen (secondary N) is 2. The van der Waals surface area contributed by atoms with Gasteiger partial charge in [0, 0.05) is 47.7 Å². The van der Waals surface area contributed by atoms with Crippen LogP contribution in [0, 0.1) is 0 Å². The van der Waals surface area contributed by atoms with E-state index in [-0.39, 0.29) is 38.3 Å². The van der Waals surface area contributed by atoms with Crippen molar-refractivity contribution < 1.29 is 16.8 Å². The second kappa shape index (κ2) is 11.3. The van der Waals surface area contributed by atoms with Crippen molar-refractivity contribution in [2.24, 2.45) is 0 Å². The van der Waals surface area contributed by atoms with Gasteiger partial charge in [-0.1, -0.05) is 46.2 Å². The third-order valence-corrected chi connectivity index (χ3v) is 8.90. The second-order valence-corrected chi connectivity index (χ2v) is 14.6. The molecule has 0 fully saturated rings. The standard InChI is InChI=1S/C26H29ClN8O4S2/c1-25(2,3)20-7-6-17(14-30-20)40(36,37)35-22-9-11-29-23(33-22)13-26(4,5)24-19(27)12-18(15-31-24)41(38,39)34-21-8-10-28-16-32-21/h6-12,14-16H,13H2,1-5H3,(H,28,32,34)(H,29,33,35). The van der Waals surface area contributed by atoms with Crippen LogP contribution in [0.4, 0.5) is 11.6 Å². The molecular weight excluding hydrogens is 588 g/mol. The van der Waals surface area contributed by atoms with Crippen molar-refractivity contribution >= 4 is 43.3 Å². The Balaban J connectivity index is 1.51. The molecule has 0 unspecified atom stereocenters. The van der Waals surface area contributed by atoms with Crippen LogP contribution in [-0.4, -0.2) is 46.7 Å². The minimum Gasteiger partial charge on any atom is -0.263 e. The maximum atomic E-state index is 13.0. The Labute approximate surface area is 244 Å². The third-order valence-electron chi connectivity index (χ3n) is 5.95. The molecule has 4 heterocycles. The topological polar surface area (TPSA) is 170 Å². The molecule has 41 heavy (non-hydrogen) atoms. The molecule has 0 aromatic carbocycles. The van der Waals surface area contributed by atoms with Crippen molar-refractivity contribution in [1.29, 1.82) is 0 Å². The molecular formula is C26H29ClN8O4S2. The molecule has 4 aromatic heterocycles. The fourth-order valence-electron chi connectivity index (χ4n) is 3.81. The first-order chi connectivity index (χ1) is 19.1. The van der Waals surface area contributed by atoms with Gasteiger partial charge in [0.2, 0.25) is 0 Å². The molecule has 216 valence electrons. The number of nitrogens with zero attached hydrogens (tertiary/aromatic N) is 6. The predicted molar refractivity (Wildman–Crippen MR) is 155 cm³/mol. The van der Waals surface area contributed by atoms with Crippen LogP contribution in [0.2, 0.25) is 5.02 Å². The largest absolute Gasteiger partial charge is 0.264 e. The average Bonchev–Trinajstić information content (AvgIpc) is 2.88. The van der Waals surface area contributed by atoms with Gasteiger partial charge in [-0.25, -0.2) is 36.8 Å². The van der Waals surface area contributed by atoms with Gasteiger partial charge in [-0.05, 0) is 30.3 Å². The SMILES string of the molecule is CC(C)(C)c1ccc(S(=O)(=O)Nc2ccnc(CC(C)(C)c3ncc(S(=O)(=O)Nc4ccncn4)cc3Cl)n2)cn1. The van der Waals surface area contributed by atoms with Crippen LogP contribution in [-0.2, 0) is 37.3 Å². The van der Waals surface area contributed by atoms with Crippen molar-refractivity contribution in [3.8, 4) is 0 Å². The lowest BCUT2D eigenvalue weighted by atomic mass is 9.84. The predicted octanol–water partition coefficient (Wildman–Crippen LogP) is 4.13. The molecule has 0 bridgehead atoms. The molecule has 2 N–H and O–H groups in total. The number of rotatable bonds is 9. The van der Waals surface area contributed by atoms with Crippen LogP contribution in [0.25, 0.3) is 0 Å². The van der Waals surface area contributed by atoms with Crippen LogP contribution < -0.4 is 9.44 Å². The lowest BCUT2D eigenvalue weighted by Gasteiger charge is -2.24. The molecule has 4 rings (SSSR count). The van der Waals surface area contributed by atoms with Gasteiger partial charge in [0.05, 0.1) is 10.7 Å². The maximum Gasteiger partial charge on any atom is 0.264 e. The Morgan fingerprint density at radius 1 is 0.780 bits per heavy atom. The number of halogens is 1. The Hall–Kier alpha value is -3.75. The highest BCUT2D eigenvalue weighted by molar-refractivity contribution is 7.93. The smallest absolute Gasteiger partial charge is 0.263 e. The van der Waals surface area contributed by atoms with Gasteiger partial charge < -0.3 is 0 Å². The molecule has 0 spiro atoms. The summed E-state index contributed by atoms with van der Waals surface area (Å²) in [5.41, 5.74) is 0.219. The molecule has 4 aromatic rings. The first kappa shape index (κ1) is 30.2. The van der Waals surface area contributed by atoms with Gasteiger partial charge in [-0.15, -0.1) is 0 Å². The average molecular weight is 617 g/mol. The zero-order valence-electron chi connectivity index (χ0n) is 23.0. The zero-order valence-corrected chi connectivity index (χ0v) is 25.4. The number of anilines is 2. The second-order valence-electron chi connectivity index (χ2n) is 10.9. The number of hydrogen-bond acceptors (Lipinski definition) is 10. The van der Waals surface area contributed by atoms with E-state index >= 15 is 0 Å². The summed E-state index contributed by atoms with van der Waals surface area (Å²) in [7, 11) is -7.94. The summed E-state index contributed by atoms with van der Waals surface area (Å²) in [6, 6.07) is 7.35. The highest BCUT2D eigenvalue weighted by atomic mass is 35.5. The van der Waals surface area contributed by atoms with Gasteiger partial charge in [-0.3, -0.25) is 19.4 Å². The summed E-state index contributed by atoms with van der Waals surface area (Å²) >= 11 is 6.50. The quantitative estimate of drug-likeness (QED) is 0.279. The minimum absolute atomic E-state index is 0.00576. The Morgan fingerprint density at radius 3 is 2.05 bits per heavy atom. The number of pyridine rings is 2. The molecule has 0 aliphatic rings. The molecule has 0 aliphatic carbocycles. The third kappa shape index (κ3) is 7.31. The summed E-state index contributed by atoms with van der Waals surface area (Å²) in [5.74, 6) is 0.518. The van der Waals surface area contributed by atoms with Crippen LogP contribution in [0.15, 0.2) is 71.2 Å². The van der Waals surface area contributed by atoms with Crippen molar-refractivity contribution in [3.63, 3.8) is 0 Å². The molecule has 0 saturated heterocycles. The Kier molecular flexibility index (Phi) is 8.30. The van der Waals surface area contributed by atoms with Crippen LogP contribution >= 0.6 is 11.6 Å². The van der Waals surface area contributed by atoms with E-state index in [4.69, 9.17) is 11.6 Å². The Morgan fingerprint density at radius 2 is 1.44 bits per heavy atom. The van der Waals surface area contributed by atoms with Gasteiger partial charge in [0.25, 0.3) is 20.0 Å². The fraction of sp³-hybridized carbons (Fsp3) is 0.308. The van der Waals surface area contributed by atoms with Crippen molar-refractivity contribution in [1.82, 2.24) is 29.9 Å². The number of hydrogen-bond donors (Lipinski definition) is 2. The van der Waals surface area contributed by atoms with Gasteiger partial charge in [0.1, 0.15) is 33.6 Å². The van der Waals surface area contributed by atoms with E-state index < -0.39 is 25.5 Å². The number of aromatic nitrogens is 6. The van der Waals surface area contributed by atoms with E-state index in [0.717, 1.165) is 5.69 Å². The van der Waals surface area contributed by atoms with E-state index in [1.54, 1.807) is 6.07 Å². The lowest BCUT2D eigenvalue weighted by Crippen LogP contribution is -2.25. The monoisotopic (exact) mass is 616 g/mol. The summed E-state index contributed by atoms with van der Waals surface area (Å²) in [4.78, 5) is 24.8. The highest BCUT2D eigenvalue weighted by Gasteiger charge is 2.29. The Bertz CT molecular complexity index is 1760. The number of sulfonamides is 2. The highest BCUT2D eigenvalue weighted by Crippen LogP contribution is 2.32. The lowest BCUT2D eigenvalue weighted by molar-refractivity contribution is 0.490. The summed E-state index contributed by atoms with van der Waals surface area (Å²) in [6.45, 7) is 9.66. The van der Waals surface area contributed by atoms with E-state index in [9.17, 15) is 16.8 Å². The van der Waals surface area contributed by atoms with E-state index in [2.05, 4.69) is 39.3 Å². The van der Waals surface area contributed by atoms with Crippen LogP contribution in [0.3, 0.4) is 0 Å². The van der Waals surface area contributed by atoms with Crippen molar-refractivity contribution in [3.05, 3.63) is 83.7 Å². The summed E-state index contributed by atoms with van der Waals surface area (Å²) < 4.78 is 56.3. The van der Waals surface area contributed by atoms with E-state index in [1.165, 1.54) is 55.4 Å². The van der Waals surface area contributed by atoms with Crippen molar-refractivity contribution in [2.75, 3.05) is 9.44 Å². The molecule has 15 heteroatoms. The summed E-state index contributed by atoms with van der Waals surface area (Å²) in [5, 5.41) is 0.128. The van der Waals surface area contributed by atoms with Gasteiger partial charge in [0.15, 0.2) is 0 Å². The first-order valence-corrected chi connectivity index (χ1v) is 15.7. The van der Waals surface area contributed by atoms with Crippen molar-refractivity contribution in [2.45, 2.75) is 61.7 Å². The minimum atomic E-state index is -3.99. The normalized spacial score (nSPS) is 12.6. The van der Waals surface area contributed by atoms with Crippen LogP contribution in [0.1, 0.15) is 51.8 Å². The van der Waals surface area contributed by atoms with Gasteiger partial charge in [-0.2, -0.15) is 0 Å². The molecule has 0 amide bonds. The molecule has 0 aliphatic heterocycles. The molecule has 0 radical (unpaired) electrons. The molecule has 0 saturated carbocycles.